The van der Waals surface area contributed by atoms with E-state index in [1.807, 2.05) is 27.7 Å². The molecule has 22 heavy (non-hydrogen) atoms. The third-order valence-corrected chi connectivity index (χ3v) is 2.28. The molecule has 0 aliphatic heterocycles. The zero-order chi connectivity index (χ0) is 17.1. The van der Waals surface area contributed by atoms with Crippen molar-refractivity contribution < 1.29 is 24.2 Å². The summed E-state index contributed by atoms with van der Waals surface area (Å²) in [6.07, 6.45) is 0. The standard InChI is InChI=1S/C14H19NO5.C2H6/c1-9(2)15-12-5-4-11(7-19-10(3)16)6-13(12)20-8-14(17)18;1-2/h4-6,9,15H,7-8H2,1-3H3,(H,17,18);1-2H3. The van der Waals surface area contributed by atoms with Gasteiger partial charge in [-0.1, -0.05) is 19.9 Å². The number of ether oxygens (including phenoxy) is 2. The number of hydrogen-bond acceptors (Lipinski definition) is 5. The lowest BCUT2D eigenvalue weighted by atomic mass is 10.2. The summed E-state index contributed by atoms with van der Waals surface area (Å²) in [5, 5.41) is 11.8. The van der Waals surface area contributed by atoms with Gasteiger partial charge in [0.25, 0.3) is 0 Å². The van der Waals surface area contributed by atoms with Crippen molar-refractivity contribution in [1.29, 1.82) is 0 Å². The first kappa shape index (κ1) is 19.8. The van der Waals surface area contributed by atoms with Crippen molar-refractivity contribution in [2.75, 3.05) is 11.9 Å². The van der Waals surface area contributed by atoms with E-state index in [1.165, 1.54) is 6.92 Å². The number of hydrogen-bond donors (Lipinski definition) is 2. The quantitative estimate of drug-likeness (QED) is 0.753. The molecule has 0 saturated carbocycles. The Morgan fingerprint density at radius 3 is 2.41 bits per heavy atom. The molecule has 0 spiro atoms. The zero-order valence-electron chi connectivity index (χ0n) is 13.8. The van der Waals surface area contributed by atoms with Crippen molar-refractivity contribution in [3.8, 4) is 5.75 Å². The van der Waals surface area contributed by atoms with Gasteiger partial charge < -0.3 is 19.9 Å². The van der Waals surface area contributed by atoms with Gasteiger partial charge in [-0.15, -0.1) is 0 Å². The van der Waals surface area contributed by atoms with Crippen LogP contribution in [0.5, 0.6) is 5.75 Å². The van der Waals surface area contributed by atoms with Crippen molar-refractivity contribution in [2.45, 2.75) is 47.3 Å². The molecule has 2 N–H and O–H groups in total. The summed E-state index contributed by atoms with van der Waals surface area (Å²) in [5.74, 6) is -1.00. The molecule has 0 aromatic heterocycles. The number of benzene rings is 1. The summed E-state index contributed by atoms with van der Waals surface area (Å²) >= 11 is 0. The fourth-order valence-corrected chi connectivity index (χ4v) is 1.53. The number of carbonyl (C=O) groups excluding carboxylic acids is 1. The Morgan fingerprint density at radius 2 is 1.91 bits per heavy atom. The average molecular weight is 311 g/mol. The van der Waals surface area contributed by atoms with Gasteiger partial charge in [0.15, 0.2) is 6.61 Å². The van der Waals surface area contributed by atoms with Crippen LogP contribution in [0.2, 0.25) is 0 Å². The van der Waals surface area contributed by atoms with E-state index in [2.05, 4.69) is 5.32 Å². The number of esters is 1. The van der Waals surface area contributed by atoms with Gasteiger partial charge in [0.1, 0.15) is 12.4 Å². The summed E-state index contributed by atoms with van der Waals surface area (Å²) < 4.78 is 10.1. The summed E-state index contributed by atoms with van der Waals surface area (Å²) in [4.78, 5) is 21.4. The Hall–Kier alpha value is -2.24. The Morgan fingerprint density at radius 1 is 1.27 bits per heavy atom. The van der Waals surface area contributed by atoms with Crippen molar-refractivity contribution in [2.24, 2.45) is 0 Å². The Bertz CT molecular complexity index is 485. The van der Waals surface area contributed by atoms with E-state index in [0.717, 1.165) is 5.56 Å². The molecule has 0 aliphatic rings. The monoisotopic (exact) mass is 311 g/mol. The molecule has 0 unspecified atom stereocenters. The van der Waals surface area contributed by atoms with Crippen LogP contribution in [-0.4, -0.2) is 29.7 Å². The summed E-state index contributed by atoms with van der Waals surface area (Å²) in [5.41, 5.74) is 1.43. The minimum Gasteiger partial charge on any atom is -0.480 e. The molecule has 0 bridgehead atoms. The molecule has 0 amide bonds. The van der Waals surface area contributed by atoms with Crippen molar-refractivity contribution in [3.63, 3.8) is 0 Å². The maximum absolute atomic E-state index is 10.8. The molecule has 1 rings (SSSR count). The number of anilines is 1. The molecule has 0 aliphatic carbocycles. The number of carboxylic acid groups (broad SMARTS) is 1. The lowest BCUT2D eigenvalue weighted by Crippen LogP contribution is -2.14. The predicted molar refractivity (Wildman–Crippen MR) is 85.1 cm³/mol. The van der Waals surface area contributed by atoms with Crippen LogP contribution in [0, 0.1) is 0 Å². The highest BCUT2D eigenvalue weighted by Crippen LogP contribution is 2.27. The highest BCUT2D eigenvalue weighted by atomic mass is 16.5. The largest absolute Gasteiger partial charge is 0.480 e. The number of rotatable bonds is 7. The molecule has 0 saturated heterocycles. The normalized spacial score (nSPS) is 9.55. The van der Waals surface area contributed by atoms with Crippen LogP contribution in [0.3, 0.4) is 0 Å². The minimum absolute atomic E-state index is 0.126. The zero-order valence-corrected chi connectivity index (χ0v) is 13.8. The van der Waals surface area contributed by atoms with Gasteiger partial charge >= 0.3 is 11.9 Å². The second-order valence-corrected chi connectivity index (χ2v) is 4.59. The minimum atomic E-state index is -1.05. The predicted octanol–water partition coefficient (Wildman–Crippen LogP) is 3.06. The molecule has 0 radical (unpaired) electrons. The third-order valence-electron chi connectivity index (χ3n) is 2.28. The van der Waals surface area contributed by atoms with Gasteiger partial charge in [0, 0.05) is 13.0 Å². The van der Waals surface area contributed by atoms with Crippen LogP contribution in [0.4, 0.5) is 5.69 Å². The van der Waals surface area contributed by atoms with Crippen molar-refractivity contribution in [1.82, 2.24) is 0 Å². The van der Waals surface area contributed by atoms with Gasteiger partial charge in [-0.25, -0.2) is 4.79 Å². The highest BCUT2D eigenvalue weighted by molar-refractivity contribution is 5.69. The van der Waals surface area contributed by atoms with E-state index in [9.17, 15) is 9.59 Å². The van der Waals surface area contributed by atoms with Crippen molar-refractivity contribution in [3.05, 3.63) is 23.8 Å². The highest BCUT2D eigenvalue weighted by Gasteiger charge is 2.09. The van der Waals surface area contributed by atoms with Crippen LogP contribution in [-0.2, 0) is 20.9 Å². The first-order valence-corrected chi connectivity index (χ1v) is 7.26. The van der Waals surface area contributed by atoms with Crippen LogP contribution in [0.1, 0.15) is 40.2 Å². The van der Waals surface area contributed by atoms with E-state index in [-0.39, 0.29) is 18.6 Å². The molecule has 124 valence electrons. The SMILES string of the molecule is CC.CC(=O)OCc1ccc(NC(C)C)c(OCC(=O)O)c1. The first-order valence-electron chi connectivity index (χ1n) is 7.26. The number of carboxylic acids is 1. The van der Waals surface area contributed by atoms with E-state index in [4.69, 9.17) is 14.6 Å². The number of nitrogens with one attached hydrogen (secondary N) is 1. The molecule has 6 heteroatoms. The van der Waals surface area contributed by atoms with Crippen LogP contribution in [0.25, 0.3) is 0 Å². The molecule has 1 aromatic rings. The smallest absolute Gasteiger partial charge is 0.341 e. The molecule has 1 aromatic carbocycles. The fourth-order valence-electron chi connectivity index (χ4n) is 1.53. The Balaban J connectivity index is 0.00000211. The maximum Gasteiger partial charge on any atom is 0.341 e. The molecule has 0 atom stereocenters. The Kier molecular flexibility index (Phi) is 9.41. The second-order valence-electron chi connectivity index (χ2n) is 4.59. The number of aliphatic carboxylic acids is 1. The molecular formula is C16H25NO5. The van der Waals surface area contributed by atoms with Crippen LogP contribution >= 0.6 is 0 Å². The molecule has 0 heterocycles. The Labute approximate surface area is 131 Å². The first-order chi connectivity index (χ1) is 10.4. The third kappa shape index (κ3) is 8.14. The van der Waals surface area contributed by atoms with Gasteiger partial charge in [-0.05, 0) is 31.5 Å². The van der Waals surface area contributed by atoms with E-state index in [1.54, 1.807) is 18.2 Å². The average Bonchev–Trinajstić information content (AvgIpc) is 2.46. The fraction of sp³-hybridized carbons (Fsp3) is 0.500. The maximum atomic E-state index is 10.8. The molecular weight excluding hydrogens is 286 g/mol. The van der Waals surface area contributed by atoms with Gasteiger partial charge in [-0.3, -0.25) is 4.79 Å². The summed E-state index contributed by atoms with van der Waals surface area (Å²) in [6.45, 7) is 8.96. The topological polar surface area (TPSA) is 84.9 Å². The van der Waals surface area contributed by atoms with Crippen LogP contribution in [0.15, 0.2) is 18.2 Å². The second kappa shape index (κ2) is 10.5. The molecule has 0 fully saturated rings. The lowest BCUT2D eigenvalue weighted by Gasteiger charge is -2.16. The van der Waals surface area contributed by atoms with E-state index >= 15 is 0 Å². The lowest BCUT2D eigenvalue weighted by molar-refractivity contribution is -0.142. The van der Waals surface area contributed by atoms with Gasteiger partial charge in [-0.2, -0.15) is 0 Å². The summed E-state index contributed by atoms with van der Waals surface area (Å²) in [7, 11) is 0. The molecule has 6 nitrogen and oxygen atoms in total. The van der Waals surface area contributed by atoms with Gasteiger partial charge in [0.05, 0.1) is 5.69 Å². The summed E-state index contributed by atoms with van der Waals surface area (Å²) in [6, 6.07) is 5.41. The van der Waals surface area contributed by atoms with Crippen molar-refractivity contribution >= 4 is 17.6 Å². The van der Waals surface area contributed by atoms with Crippen LogP contribution < -0.4 is 10.1 Å². The van der Waals surface area contributed by atoms with E-state index in [0.29, 0.717) is 11.4 Å². The van der Waals surface area contributed by atoms with E-state index < -0.39 is 12.6 Å². The van der Waals surface area contributed by atoms with Gasteiger partial charge in [0.2, 0.25) is 0 Å². The number of carbonyl (C=O) groups is 2.